The van der Waals surface area contributed by atoms with Crippen molar-refractivity contribution in [2.24, 2.45) is 5.90 Å². The van der Waals surface area contributed by atoms with E-state index < -0.39 is 21.7 Å². The van der Waals surface area contributed by atoms with Gasteiger partial charge in [0.05, 0.1) is 22.5 Å². The minimum Gasteiger partial charge on any atom is -0.507 e. The van der Waals surface area contributed by atoms with Crippen LogP contribution in [0.25, 0.3) is 0 Å². The monoisotopic (exact) mass is 424 g/mol. The zero-order valence-corrected chi connectivity index (χ0v) is 16.5. The third-order valence-electron chi connectivity index (χ3n) is 4.86. The van der Waals surface area contributed by atoms with E-state index in [1.165, 1.54) is 36.4 Å². The standard InChI is InChI=1S/C21H16N2O6S/c1-11-6-7-14(17(10-11)30(27,28)29-22)23-15-8-9-16(24)19-18(15)20(25)12-4-2-3-5-13(12)21(19)26/h2-10,23-24H,22H2,1H3. The molecular formula is C21H16N2O6S. The van der Waals surface area contributed by atoms with Gasteiger partial charge in [-0.25, -0.2) is 0 Å². The van der Waals surface area contributed by atoms with Gasteiger partial charge in [-0.05, 0) is 36.8 Å². The van der Waals surface area contributed by atoms with Crippen LogP contribution in [0.1, 0.15) is 37.4 Å². The first kappa shape index (κ1) is 19.8. The Kier molecular flexibility index (Phi) is 4.65. The molecule has 0 unspecified atom stereocenters. The Morgan fingerprint density at radius 2 is 1.50 bits per heavy atom. The molecule has 0 saturated carbocycles. The number of aromatic hydroxyl groups is 1. The summed E-state index contributed by atoms with van der Waals surface area (Å²) in [6.07, 6.45) is 0. The fourth-order valence-electron chi connectivity index (χ4n) is 3.45. The summed E-state index contributed by atoms with van der Waals surface area (Å²) in [6.45, 7) is 1.70. The first-order chi connectivity index (χ1) is 14.2. The Morgan fingerprint density at radius 1 is 0.900 bits per heavy atom. The number of ketones is 2. The van der Waals surface area contributed by atoms with Crippen LogP contribution in [0.2, 0.25) is 0 Å². The van der Waals surface area contributed by atoms with E-state index in [0.29, 0.717) is 5.56 Å². The molecule has 0 bridgehead atoms. The number of hydrogen-bond acceptors (Lipinski definition) is 8. The molecular weight excluding hydrogens is 408 g/mol. The van der Waals surface area contributed by atoms with E-state index in [4.69, 9.17) is 5.90 Å². The molecule has 0 amide bonds. The first-order valence-corrected chi connectivity index (χ1v) is 10.2. The topological polar surface area (TPSA) is 136 Å². The number of hydrogen-bond donors (Lipinski definition) is 3. The van der Waals surface area contributed by atoms with Gasteiger partial charge in [-0.2, -0.15) is 18.6 Å². The Labute approximate surface area is 172 Å². The zero-order valence-electron chi connectivity index (χ0n) is 15.7. The molecule has 0 saturated heterocycles. The van der Waals surface area contributed by atoms with Crippen LogP contribution in [-0.2, 0) is 14.4 Å². The summed E-state index contributed by atoms with van der Waals surface area (Å²) in [4.78, 5) is 25.8. The van der Waals surface area contributed by atoms with Crippen molar-refractivity contribution in [3.05, 3.63) is 82.4 Å². The maximum Gasteiger partial charge on any atom is 0.314 e. The highest BCUT2D eigenvalue weighted by Crippen LogP contribution is 2.39. The summed E-state index contributed by atoms with van der Waals surface area (Å²) in [6, 6.07) is 13.5. The van der Waals surface area contributed by atoms with Crippen LogP contribution in [0, 0.1) is 6.92 Å². The number of rotatable bonds is 4. The van der Waals surface area contributed by atoms with Crippen LogP contribution in [0.15, 0.2) is 59.5 Å². The summed E-state index contributed by atoms with van der Waals surface area (Å²) < 4.78 is 28.6. The molecule has 1 aliphatic carbocycles. The number of anilines is 2. The van der Waals surface area contributed by atoms with Crippen molar-refractivity contribution in [3.63, 3.8) is 0 Å². The van der Waals surface area contributed by atoms with Crippen molar-refractivity contribution < 1.29 is 27.4 Å². The maximum atomic E-state index is 13.1. The number of carbonyl (C=O) groups excluding carboxylic acids is 2. The van der Waals surface area contributed by atoms with E-state index in [-0.39, 0.29) is 44.3 Å². The summed E-state index contributed by atoms with van der Waals surface area (Å²) in [7, 11) is -4.26. The molecule has 30 heavy (non-hydrogen) atoms. The quantitative estimate of drug-likeness (QED) is 0.336. The Hall–Kier alpha value is -3.53. The third kappa shape index (κ3) is 3.05. The van der Waals surface area contributed by atoms with Crippen molar-refractivity contribution in [1.29, 1.82) is 0 Å². The highest BCUT2D eigenvalue weighted by atomic mass is 32.2. The molecule has 9 heteroatoms. The average molecular weight is 424 g/mol. The van der Waals surface area contributed by atoms with Gasteiger partial charge in [-0.1, -0.05) is 30.3 Å². The number of phenolic OH excluding ortho intramolecular Hbond substituents is 1. The SMILES string of the molecule is Cc1ccc(Nc2ccc(O)c3c2C(=O)c2ccccc2C3=O)c(S(=O)(=O)ON)c1. The van der Waals surface area contributed by atoms with Crippen molar-refractivity contribution in [2.45, 2.75) is 11.8 Å². The third-order valence-corrected chi connectivity index (χ3v) is 5.99. The molecule has 8 nitrogen and oxygen atoms in total. The molecule has 4 N–H and O–H groups in total. The molecule has 0 aromatic heterocycles. The van der Waals surface area contributed by atoms with Gasteiger partial charge in [-0.15, -0.1) is 0 Å². The lowest BCUT2D eigenvalue weighted by molar-refractivity contribution is 0.0977. The maximum absolute atomic E-state index is 13.1. The van der Waals surface area contributed by atoms with Gasteiger partial charge in [0.15, 0.2) is 11.6 Å². The Balaban J connectivity index is 1.91. The fourth-order valence-corrected chi connectivity index (χ4v) is 4.27. The summed E-state index contributed by atoms with van der Waals surface area (Å²) in [5, 5.41) is 13.2. The van der Waals surface area contributed by atoms with Gasteiger partial charge in [0.2, 0.25) is 0 Å². The minimum atomic E-state index is -4.26. The summed E-state index contributed by atoms with van der Waals surface area (Å²) in [5.74, 6) is 3.62. The van der Waals surface area contributed by atoms with E-state index in [2.05, 4.69) is 9.60 Å². The number of fused-ring (bicyclic) bond motifs is 2. The normalized spacial score (nSPS) is 13.0. The molecule has 3 aromatic rings. The molecule has 0 heterocycles. The predicted molar refractivity (Wildman–Crippen MR) is 108 cm³/mol. The van der Waals surface area contributed by atoms with E-state index in [1.807, 2.05) is 0 Å². The van der Waals surface area contributed by atoms with Crippen molar-refractivity contribution in [2.75, 3.05) is 5.32 Å². The second-order valence-corrected chi connectivity index (χ2v) is 8.30. The fraction of sp³-hybridized carbons (Fsp3) is 0.0476. The van der Waals surface area contributed by atoms with E-state index in [9.17, 15) is 23.1 Å². The summed E-state index contributed by atoms with van der Waals surface area (Å²) >= 11 is 0. The molecule has 152 valence electrons. The van der Waals surface area contributed by atoms with E-state index >= 15 is 0 Å². The highest BCUT2D eigenvalue weighted by Gasteiger charge is 2.34. The van der Waals surface area contributed by atoms with Crippen LogP contribution >= 0.6 is 0 Å². The van der Waals surface area contributed by atoms with Crippen LogP contribution < -0.4 is 11.2 Å². The lowest BCUT2D eigenvalue weighted by Gasteiger charge is -2.22. The van der Waals surface area contributed by atoms with Crippen LogP contribution in [-0.4, -0.2) is 25.1 Å². The van der Waals surface area contributed by atoms with Crippen molar-refractivity contribution >= 4 is 33.1 Å². The Bertz CT molecular complexity index is 1330. The molecule has 0 fully saturated rings. The number of benzene rings is 3. The number of aryl methyl sites for hydroxylation is 1. The summed E-state index contributed by atoms with van der Waals surface area (Å²) in [5.41, 5.74) is 1.10. The van der Waals surface area contributed by atoms with E-state index in [1.54, 1.807) is 25.1 Å². The number of nitrogens with two attached hydrogens (primary N) is 1. The second kappa shape index (κ2) is 7.06. The van der Waals surface area contributed by atoms with Crippen molar-refractivity contribution in [1.82, 2.24) is 0 Å². The van der Waals surface area contributed by atoms with Gasteiger partial charge in [0, 0.05) is 11.1 Å². The minimum absolute atomic E-state index is 0.0451. The molecule has 1 aliphatic rings. The molecule has 0 radical (unpaired) electrons. The zero-order chi connectivity index (χ0) is 21.6. The first-order valence-electron chi connectivity index (χ1n) is 8.80. The van der Waals surface area contributed by atoms with Gasteiger partial charge >= 0.3 is 10.1 Å². The molecule has 0 spiro atoms. The highest BCUT2D eigenvalue weighted by molar-refractivity contribution is 7.86. The molecule has 0 atom stereocenters. The van der Waals surface area contributed by atoms with Crippen molar-refractivity contribution in [3.8, 4) is 5.75 Å². The number of nitrogens with one attached hydrogen (secondary N) is 1. The number of phenols is 1. The molecule has 4 rings (SSSR count). The van der Waals surface area contributed by atoms with Gasteiger partial charge < -0.3 is 10.4 Å². The lowest BCUT2D eigenvalue weighted by atomic mass is 9.82. The molecule has 3 aromatic carbocycles. The van der Waals surface area contributed by atoms with Gasteiger partial charge in [0.25, 0.3) is 0 Å². The Morgan fingerprint density at radius 3 is 2.13 bits per heavy atom. The predicted octanol–water partition coefficient (Wildman–Crippen LogP) is 2.80. The van der Waals surface area contributed by atoms with E-state index in [0.717, 1.165) is 0 Å². The largest absolute Gasteiger partial charge is 0.507 e. The lowest BCUT2D eigenvalue weighted by Crippen LogP contribution is -2.22. The van der Waals surface area contributed by atoms with Gasteiger partial charge in [0.1, 0.15) is 10.6 Å². The molecule has 0 aliphatic heterocycles. The number of carbonyl (C=O) groups is 2. The van der Waals surface area contributed by atoms with Crippen LogP contribution in [0.5, 0.6) is 5.75 Å². The van der Waals surface area contributed by atoms with Crippen LogP contribution in [0.3, 0.4) is 0 Å². The second-order valence-electron chi connectivity index (χ2n) is 6.76. The smallest absolute Gasteiger partial charge is 0.314 e. The average Bonchev–Trinajstić information content (AvgIpc) is 2.74. The van der Waals surface area contributed by atoms with Gasteiger partial charge in [-0.3, -0.25) is 9.59 Å². The van der Waals surface area contributed by atoms with Crippen LogP contribution in [0.4, 0.5) is 11.4 Å².